The number of carboxylic acids is 1. The molecule has 3 amide bonds. The molecule has 47 heavy (non-hydrogen) atoms. The molecule has 4 rings (SSSR count). The molecule has 10 nitrogen and oxygen atoms in total. The molecule has 1 unspecified atom stereocenters. The Bertz CT molecular complexity index is 1620. The molecule has 4 N–H and O–H groups in total. The van der Waals surface area contributed by atoms with Crippen LogP contribution >= 0.6 is 0 Å². The van der Waals surface area contributed by atoms with E-state index >= 15 is 0 Å². The summed E-state index contributed by atoms with van der Waals surface area (Å²) in [5, 5.41) is 17.7. The topological polar surface area (TPSA) is 151 Å². The molecule has 246 valence electrons. The maximum Gasteiger partial charge on any atom is 0.326 e. The third-order valence-corrected chi connectivity index (χ3v) is 7.60. The molecule has 0 saturated carbocycles. The summed E-state index contributed by atoms with van der Waals surface area (Å²) in [6.07, 6.45) is 7.51. The zero-order valence-corrected chi connectivity index (χ0v) is 26.7. The lowest BCUT2D eigenvalue weighted by atomic mass is 10.1. The van der Waals surface area contributed by atoms with Crippen molar-refractivity contribution in [1.29, 1.82) is 0 Å². The van der Waals surface area contributed by atoms with Gasteiger partial charge in [-0.2, -0.15) is 0 Å². The van der Waals surface area contributed by atoms with E-state index in [1.807, 2.05) is 60.7 Å². The first-order chi connectivity index (χ1) is 22.8. The SMILES string of the molecule is CCCCCCCCCC(=O)NC(CCC(=O)Nc1cccc(NC(=O)c2nc(-c3ccccc3)oc2-c2ccccc2)c1)C(=O)O. The summed E-state index contributed by atoms with van der Waals surface area (Å²) in [7, 11) is 0. The second kappa shape index (κ2) is 18.0. The summed E-state index contributed by atoms with van der Waals surface area (Å²) >= 11 is 0. The van der Waals surface area contributed by atoms with E-state index in [-0.39, 0.29) is 30.9 Å². The molecule has 1 heterocycles. The first-order valence-corrected chi connectivity index (χ1v) is 16.2. The van der Waals surface area contributed by atoms with E-state index in [1.165, 1.54) is 19.3 Å². The minimum absolute atomic E-state index is 0.0570. The van der Waals surface area contributed by atoms with Gasteiger partial charge in [-0.25, -0.2) is 9.78 Å². The minimum Gasteiger partial charge on any atom is -0.480 e. The number of nitrogens with one attached hydrogen (secondary N) is 3. The number of hydrogen-bond donors (Lipinski definition) is 4. The quantitative estimate of drug-likeness (QED) is 0.0816. The lowest BCUT2D eigenvalue weighted by Gasteiger charge is -2.15. The monoisotopic (exact) mass is 638 g/mol. The van der Waals surface area contributed by atoms with Gasteiger partial charge in [0.1, 0.15) is 6.04 Å². The Hall–Kier alpha value is -5.25. The lowest BCUT2D eigenvalue weighted by Crippen LogP contribution is -2.41. The molecule has 0 bridgehead atoms. The summed E-state index contributed by atoms with van der Waals surface area (Å²) < 4.78 is 6.05. The van der Waals surface area contributed by atoms with Crippen LogP contribution in [0.25, 0.3) is 22.8 Å². The molecule has 0 aliphatic heterocycles. The zero-order chi connectivity index (χ0) is 33.4. The highest BCUT2D eigenvalue weighted by Gasteiger charge is 2.23. The molecule has 0 spiro atoms. The van der Waals surface area contributed by atoms with Crippen LogP contribution < -0.4 is 16.0 Å². The molecule has 0 aliphatic carbocycles. The van der Waals surface area contributed by atoms with E-state index in [4.69, 9.17) is 4.42 Å². The van der Waals surface area contributed by atoms with Crippen molar-refractivity contribution < 1.29 is 28.7 Å². The number of hydrogen-bond acceptors (Lipinski definition) is 6. The van der Waals surface area contributed by atoms with E-state index in [0.29, 0.717) is 35.0 Å². The molecule has 10 heteroatoms. The van der Waals surface area contributed by atoms with Crippen molar-refractivity contribution in [2.75, 3.05) is 10.6 Å². The maximum absolute atomic E-state index is 13.4. The number of nitrogens with zero attached hydrogens (tertiary/aromatic N) is 1. The first-order valence-electron chi connectivity index (χ1n) is 16.2. The predicted octanol–water partition coefficient (Wildman–Crippen LogP) is 7.69. The molecule has 0 fully saturated rings. The molecular weight excluding hydrogens is 596 g/mol. The normalized spacial score (nSPS) is 11.4. The van der Waals surface area contributed by atoms with Crippen LogP contribution in [0.3, 0.4) is 0 Å². The number of benzene rings is 3. The number of aromatic nitrogens is 1. The van der Waals surface area contributed by atoms with Gasteiger partial charge in [0.25, 0.3) is 5.91 Å². The smallest absolute Gasteiger partial charge is 0.326 e. The largest absolute Gasteiger partial charge is 0.480 e. The van der Waals surface area contributed by atoms with Gasteiger partial charge in [0.2, 0.25) is 17.7 Å². The van der Waals surface area contributed by atoms with Gasteiger partial charge in [-0.3, -0.25) is 14.4 Å². The molecule has 1 aromatic heterocycles. The highest BCUT2D eigenvalue weighted by atomic mass is 16.4. The van der Waals surface area contributed by atoms with E-state index < -0.39 is 23.8 Å². The van der Waals surface area contributed by atoms with E-state index in [9.17, 15) is 24.3 Å². The van der Waals surface area contributed by atoms with Crippen LogP contribution in [-0.4, -0.2) is 39.8 Å². The highest BCUT2D eigenvalue weighted by Crippen LogP contribution is 2.30. The van der Waals surface area contributed by atoms with Crippen LogP contribution in [0.4, 0.5) is 11.4 Å². The highest BCUT2D eigenvalue weighted by molar-refractivity contribution is 6.07. The Kier molecular flexibility index (Phi) is 13.3. The van der Waals surface area contributed by atoms with Gasteiger partial charge >= 0.3 is 5.97 Å². The first kappa shape index (κ1) is 34.6. The van der Waals surface area contributed by atoms with Crippen LogP contribution in [0.5, 0.6) is 0 Å². The number of anilines is 2. The van der Waals surface area contributed by atoms with Crippen molar-refractivity contribution >= 4 is 35.1 Å². The van der Waals surface area contributed by atoms with E-state index in [2.05, 4.69) is 27.9 Å². The maximum atomic E-state index is 13.4. The Morgan fingerprint density at radius 1 is 0.723 bits per heavy atom. The van der Waals surface area contributed by atoms with Crippen molar-refractivity contribution in [3.05, 3.63) is 90.6 Å². The number of unbranched alkanes of at least 4 members (excludes halogenated alkanes) is 6. The van der Waals surface area contributed by atoms with Crippen LogP contribution in [0.15, 0.2) is 89.3 Å². The third kappa shape index (κ3) is 11.0. The lowest BCUT2D eigenvalue weighted by molar-refractivity contribution is -0.142. The zero-order valence-electron chi connectivity index (χ0n) is 26.7. The molecule has 0 radical (unpaired) electrons. The molecule has 4 aromatic rings. The number of carbonyl (C=O) groups is 4. The van der Waals surface area contributed by atoms with Gasteiger partial charge in [0, 0.05) is 35.3 Å². The van der Waals surface area contributed by atoms with Gasteiger partial charge in [-0.15, -0.1) is 0 Å². The fourth-order valence-corrected chi connectivity index (χ4v) is 5.09. The van der Waals surface area contributed by atoms with Crippen molar-refractivity contribution in [3.8, 4) is 22.8 Å². The number of rotatable bonds is 18. The number of carboxylic acid groups (broad SMARTS) is 1. The molecule has 1 atom stereocenters. The summed E-state index contributed by atoms with van der Waals surface area (Å²) in [4.78, 5) is 54.7. The Morgan fingerprint density at radius 3 is 2.00 bits per heavy atom. The fraction of sp³-hybridized carbons (Fsp3) is 0.324. The second-order valence-electron chi connectivity index (χ2n) is 11.4. The van der Waals surface area contributed by atoms with Gasteiger partial charge in [0.15, 0.2) is 11.5 Å². The summed E-state index contributed by atoms with van der Waals surface area (Å²) in [6.45, 7) is 2.16. The predicted molar refractivity (Wildman–Crippen MR) is 182 cm³/mol. The number of carbonyl (C=O) groups excluding carboxylic acids is 3. The van der Waals surface area contributed by atoms with Crippen LogP contribution in [0.1, 0.15) is 81.6 Å². The third-order valence-electron chi connectivity index (χ3n) is 7.60. The van der Waals surface area contributed by atoms with Crippen molar-refractivity contribution in [1.82, 2.24) is 10.3 Å². The van der Waals surface area contributed by atoms with Crippen molar-refractivity contribution in [2.45, 2.75) is 77.2 Å². The second-order valence-corrected chi connectivity index (χ2v) is 11.4. The van der Waals surface area contributed by atoms with Gasteiger partial charge in [-0.05, 0) is 43.2 Å². The van der Waals surface area contributed by atoms with Gasteiger partial charge in [-0.1, -0.05) is 100 Å². The fourth-order valence-electron chi connectivity index (χ4n) is 5.09. The van der Waals surface area contributed by atoms with Crippen molar-refractivity contribution in [3.63, 3.8) is 0 Å². The number of aliphatic carboxylic acids is 1. The Morgan fingerprint density at radius 2 is 1.34 bits per heavy atom. The Labute approximate surface area is 275 Å². The molecular formula is C37H42N4O6. The number of amides is 3. The van der Waals surface area contributed by atoms with Gasteiger partial charge in [0.05, 0.1) is 0 Å². The number of oxazole rings is 1. The summed E-state index contributed by atoms with van der Waals surface area (Å²) in [5.74, 6) is -1.79. The minimum atomic E-state index is -1.19. The average molecular weight is 639 g/mol. The summed E-state index contributed by atoms with van der Waals surface area (Å²) in [5.41, 5.74) is 2.36. The standard InChI is InChI=1S/C37H42N4O6/c1-2-3-4-5-6-7-14-22-31(42)40-30(37(45)46)23-24-32(43)38-28-20-15-21-29(25-28)39-35(44)33-34(26-16-10-8-11-17-26)47-36(41-33)27-18-12-9-13-19-27/h8-13,15-21,25,30H,2-7,14,22-24H2,1H3,(H,38,43)(H,39,44)(H,40,42)(H,45,46). The molecule has 0 saturated heterocycles. The molecule has 3 aromatic carbocycles. The van der Waals surface area contributed by atoms with Crippen LogP contribution in [-0.2, 0) is 14.4 Å². The van der Waals surface area contributed by atoms with Gasteiger partial charge < -0.3 is 25.5 Å². The average Bonchev–Trinajstić information content (AvgIpc) is 3.53. The van der Waals surface area contributed by atoms with Crippen molar-refractivity contribution in [2.24, 2.45) is 0 Å². The van der Waals surface area contributed by atoms with Crippen LogP contribution in [0.2, 0.25) is 0 Å². The van der Waals surface area contributed by atoms with E-state index in [0.717, 1.165) is 24.8 Å². The van der Waals surface area contributed by atoms with E-state index in [1.54, 1.807) is 24.3 Å². The van der Waals surface area contributed by atoms with Crippen LogP contribution in [0, 0.1) is 0 Å². The Balaban J connectivity index is 1.32. The molecule has 0 aliphatic rings. The summed E-state index contributed by atoms with van der Waals surface area (Å²) in [6, 6.07) is 23.9.